The zero-order chi connectivity index (χ0) is 20.8. The summed E-state index contributed by atoms with van der Waals surface area (Å²) in [6.07, 6.45) is 1.78. The Labute approximate surface area is 171 Å². The summed E-state index contributed by atoms with van der Waals surface area (Å²) in [7, 11) is 0. The van der Waals surface area contributed by atoms with Crippen molar-refractivity contribution in [2.45, 2.75) is 18.6 Å². The third kappa shape index (κ3) is 5.00. The van der Waals surface area contributed by atoms with Crippen LogP contribution in [0.4, 0.5) is 11.4 Å². The Kier molecular flexibility index (Phi) is 6.26. The van der Waals surface area contributed by atoms with Crippen molar-refractivity contribution in [3.05, 3.63) is 54.6 Å². The first-order valence-corrected chi connectivity index (χ1v) is 9.46. The molecule has 8 nitrogen and oxygen atoms in total. The lowest BCUT2D eigenvalue weighted by Gasteiger charge is -2.15. The second-order valence-electron chi connectivity index (χ2n) is 5.95. The van der Waals surface area contributed by atoms with Crippen LogP contribution in [-0.4, -0.2) is 28.2 Å². The van der Waals surface area contributed by atoms with Gasteiger partial charge in [-0.1, -0.05) is 30.0 Å². The largest absolute Gasteiger partial charge is 0.427 e. The van der Waals surface area contributed by atoms with E-state index in [0.29, 0.717) is 17.1 Å². The number of ether oxygens (including phenoxy) is 1. The van der Waals surface area contributed by atoms with Gasteiger partial charge >= 0.3 is 5.97 Å². The summed E-state index contributed by atoms with van der Waals surface area (Å²) in [4.78, 5) is 41.7. The number of carbonyl (C=O) groups excluding carboxylic acids is 3. The molecule has 1 atom stereocenters. The molecule has 1 N–H and O–H groups in total. The quantitative estimate of drug-likeness (QED) is 0.157. The summed E-state index contributed by atoms with van der Waals surface area (Å²) >= 11 is 1.03. The van der Waals surface area contributed by atoms with Gasteiger partial charge in [0.25, 0.3) is 0 Å². The minimum atomic E-state index is -0.709. The Balaban J connectivity index is 1.76. The number of thioether (sulfide) groups is 1. The summed E-state index contributed by atoms with van der Waals surface area (Å²) in [5, 5.41) is 11.0. The van der Waals surface area contributed by atoms with Crippen molar-refractivity contribution in [3.63, 3.8) is 0 Å². The van der Waals surface area contributed by atoms with Gasteiger partial charge in [-0.15, -0.1) is 0 Å². The predicted octanol–water partition coefficient (Wildman–Crippen LogP) is 2.74. The Hall–Kier alpha value is -3.64. The molecule has 3 rings (SSSR count). The Bertz CT molecular complexity index is 999. The molecule has 0 spiro atoms. The van der Waals surface area contributed by atoms with Crippen LogP contribution in [0.3, 0.4) is 0 Å². The van der Waals surface area contributed by atoms with Gasteiger partial charge in [-0.25, -0.2) is 9.89 Å². The third-order valence-corrected chi connectivity index (χ3v) is 4.93. The minimum Gasteiger partial charge on any atom is -0.427 e. The van der Waals surface area contributed by atoms with Gasteiger partial charge in [0.05, 0.1) is 11.4 Å². The fraction of sp³-hybridized carbons (Fsp3) is 0.150. The summed E-state index contributed by atoms with van der Waals surface area (Å²) in [6.45, 7) is 1.28. The zero-order valence-electron chi connectivity index (χ0n) is 15.4. The monoisotopic (exact) mass is 408 g/mol. The number of imide groups is 1. The lowest BCUT2D eigenvalue weighted by atomic mass is 10.3. The molecule has 1 fully saturated rings. The van der Waals surface area contributed by atoms with E-state index in [0.717, 1.165) is 16.7 Å². The molecule has 0 radical (unpaired) electrons. The van der Waals surface area contributed by atoms with Crippen molar-refractivity contribution in [2.24, 2.45) is 4.99 Å². The minimum absolute atomic E-state index is 0.0177. The van der Waals surface area contributed by atoms with E-state index in [1.165, 1.54) is 31.2 Å². The molecule has 0 aliphatic carbocycles. The SMILES string of the molecule is CC(=O)Oc1ccc(N2C(=O)C[C@H](SC(=Nc3ccccc3)NC#N)C2=O)cc1. The average Bonchev–Trinajstić information content (AvgIpc) is 2.96. The van der Waals surface area contributed by atoms with Gasteiger partial charge in [-0.05, 0) is 36.4 Å². The van der Waals surface area contributed by atoms with Crippen LogP contribution < -0.4 is 15.0 Å². The predicted molar refractivity (Wildman–Crippen MR) is 109 cm³/mol. The number of carbonyl (C=O) groups is 3. The molecular formula is C20H16N4O4S. The van der Waals surface area contributed by atoms with Crippen LogP contribution >= 0.6 is 11.8 Å². The number of hydrogen-bond acceptors (Lipinski definition) is 7. The van der Waals surface area contributed by atoms with E-state index in [1.54, 1.807) is 30.5 Å². The maximum atomic E-state index is 12.8. The number of esters is 1. The smallest absolute Gasteiger partial charge is 0.308 e. The van der Waals surface area contributed by atoms with E-state index in [1.807, 2.05) is 6.07 Å². The van der Waals surface area contributed by atoms with Crippen molar-refractivity contribution in [1.82, 2.24) is 5.32 Å². The molecule has 0 saturated carbocycles. The molecule has 2 amide bonds. The topological polar surface area (TPSA) is 112 Å². The number of hydrogen-bond donors (Lipinski definition) is 1. The van der Waals surface area contributed by atoms with Crippen molar-refractivity contribution >= 4 is 46.1 Å². The number of aliphatic imine (C=N–C) groups is 1. The summed E-state index contributed by atoms with van der Waals surface area (Å²) in [6, 6.07) is 15.1. The molecule has 1 aliphatic rings. The maximum Gasteiger partial charge on any atom is 0.308 e. The van der Waals surface area contributed by atoms with E-state index in [2.05, 4.69) is 10.3 Å². The number of nitriles is 1. The van der Waals surface area contributed by atoms with Gasteiger partial charge in [0.2, 0.25) is 11.8 Å². The fourth-order valence-corrected chi connectivity index (χ4v) is 3.65. The molecule has 9 heteroatoms. The fourth-order valence-electron chi connectivity index (χ4n) is 2.68. The number of amidine groups is 1. The van der Waals surface area contributed by atoms with Crippen molar-refractivity contribution in [1.29, 1.82) is 5.26 Å². The van der Waals surface area contributed by atoms with Crippen molar-refractivity contribution < 1.29 is 19.1 Å². The Morgan fingerprint density at radius 3 is 2.52 bits per heavy atom. The number of amides is 2. The lowest BCUT2D eigenvalue weighted by molar-refractivity contribution is -0.132. The number of anilines is 1. The molecule has 0 unspecified atom stereocenters. The summed E-state index contributed by atoms with van der Waals surface area (Å²) in [5.41, 5.74) is 1.00. The number of nitrogens with zero attached hydrogens (tertiary/aromatic N) is 3. The highest BCUT2D eigenvalue weighted by molar-refractivity contribution is 8.15. The second kappa shape index (κ2) is 9.03. The highest BCUT2D eigenvalue weighted by Crippen LogP contribution is 2.31. The molecule has 2 aromatic carbocycles. The van der Waals surface area contributed by atoms with Gasteiger partial charge in [0.1, 0.15) is 11.0 Å². The molecule has 146 valence electrons. The van der Waals surface area contributed by atoms with Crippen LogP contribution in [0.15, 0.2) is 59.6 Å². The molecule has 0 bridgehead atoms. The Morgan fingerprint density at radius 1 is 1.21 bits per heavy atom. The second-order valence-corrected chi connectivity index (χ2v) is 7.15. The van der Waals surface area contributed by atoms with Gasteiger partial charge in [0.15, 0.2) is 11.4 Å². The highest BCUT2D eigenvalue weighted by Gasteiger charge is 2.40. The maximum absolute atomic E-state index is 12.8. The van der Waals surface area contributed by atoms with Crippen LogP contribution in [0.25, 0.3) is 0 Å². The standard InChI is InChI=1S/C20H16N4O4S/c1-13(25)28-16-9-7-15(8-10-16)24-18(26)11-17(19(24)27)29-20(22-12-21)23-14-5-3-2-4-6-14/h2-10,17H,11H2,1H3,(H,22,23)/t17-/m0/s1. The molecule has 2 aromatic rings. The summed E-state index contributed by atoms with van der Waals surface area (Å²) < 4.78 is 4.96. The van der Waals surface area contributed by atoms with Gasteiger partial charge in [-0.3, -0.25) is 19.7 Å². The van der Waals surface area contributed by atoms with E-state index in [4.69, 9.17) is 10.00 Å². The van der Waals surface area contributed by atoms with E-state index in [9.17, 15) is 14.4 Å². The number of rotatable bonds is 4. The first-order chi connectivity index (χ1) is 14.0. The lowest BCUT2D eigenvalue weighted by Crippen LogP contribution is -2.32. The van der Waals surface area contributed by atoms with E-state index < -0.39 is 17.1 Å². The average molecular weight is 408 g/mol. The first kappa shape index (κ1) is 20.1. The molecule has 1 saturated heterocycles. The van der Waals surface area contributed by atoms with Crippen LogP contribution in [0.5, 0.6) is 5.75 Å². The summed E-state index contributed by atoms with van der Waals surface area (Å²) in [5.74, 6) is -0.899. The van der Waals surface area contributed by atoms with Crippen molar-refractivity contribution in [2.75, 3.05) is 4.90 Å². The number of benzene rings is 2. The third-order valence-electron chi connectivity index (χ3n) is 3.87. The van der Waals surface area contributed by atoms with Crippen LogP contribution in [0.1, 0.15) is 13.3 Å². The first-order valence-electron chi connectivity index (χ1n) is 8.58. The van der Waals surface area contributed by atoms with Gasteiger partial charge in [-0.2, -0.15) is 5.26 Å². The molecule has 1 aliphatic heterocycles. The van der Waals surface area contributed by atoms with Crippen molar-refractivity contribution in [3.8, 4) is 11.9 Å². The van der Waals surface area contributed by atoms with Gasteiger partial charge in [0, 0.05) is 13.3 Å². The molecule has 1 heterocycles. The molecule has 0 aromatic heterocycles. The zero-order valence-corrected chi connectivity index (χ0v) is 16.2. The van der Waals surface area contributed by atoms with Crippen LogP contribution in [0.2, 0.25) is 0 Å². The number of para-hydroxylation sites is 1. The van der Waals surface area contributed by atoms with Gasteiger partial charge < -0.3 is 4.74 Å². The van der Waals surface area contributed by atoms with Crippen LogP contribution in [-0.2, 0) is 14.4 Å². The highest BCUT2D eigenvalue weighted by atomic mass is 32.2. The van der Waals surface area contributed by atoms with Crippen LogP contribution in [0, 0.1) is 11.5 Å². The molecular weight excluding hydrogens is 392 g/mol. The number of nitrogens with one attached hydrogen (secondary N) is 1. The normalized spacial score (nSPS) is 16.5. The van der Waals surface area contributed by atoms with E-state index in [-0.39, 0.29) is 17.5 Å². The molecule has 29 heavy (non-hydrogen) atoms. The van der Waals surface area contributed by atoms with E-state index >= 15 is 0 Å². The Morgan fingerprint density at radius 2 is 1.90 bits per heavy atom.